The van der Waals surface area contributed by atoms with Crippen LogP contribution in [-0.4, -0.2) is 38.9 Å². The highest BCUT2D eigenvalue weighted by atomic mass is 32.3. The van der Waals surface area contributed by atoms with Crippen molar-refractivity contribution < 1.29 is 21.6 Å². The van der Waals surface area contributed by atoms with E-state index in [1.54, 1.807) is 0 Å². The van der Waals surface area contributed by atoms with Crippen LogP contribution in [0.1, 0.15) is 32.1 Å². The van der Waals surface area contributed by atoms with Crippen molar-refractivity contribution in [2.24, 2.45) is 4.40 Å². The van der Waals surface area contributed by atoms with Gasteiger partial charge in [0.05, 0.1) is 5.25 Å². The highest BCUT2D eigenvalue weighted by molar-refractivity contribution is 8.03. The van der Waals surface area contributed by atoms with Crippen molar-refractivity contribution in [1.82, 2.24) is 3.71 Å². The molecule has 9 heteroatoms. The van der Waals surface area contributed by atoms with Gasteiger partial charge in [0.1, 0.15) is 0 Å². The van der Waals surface area contributed by atoms with Crippen LogP contribution in [0.15, 0.2) is 4.40 Å². The summed E-state index contributed by atoms with van der Waals surface area (Å²) in [7, 11) is -7.55. The van der Waals surface area contributed by atoms with Gasteiger partial charge in [0.15, 0.2) is 0 Å². The third kappa shape index (κ3) is 3.12. The van der Waals surface area contributed by atoms with E-state index in [0.29, 0.717) is 12.8 Å². The molecule has 0 bridgehead atoms. The molecule has 17 heavy (non-hydrogen) atoms. The van der Waals surface area contributed by atoms with Crippen LogP contribution in [0, 0.1) is 0 Å². The van der Waals surface area contributed by atoms with E-state index in [9.17, 15) is 21.6 Å². The molecule has 0 unspecified atom stereocenters. The highest BCUT2D eigenvalue weighted by Crippen LogP contribution is 2.26. The van der Waals surface area contributed by atoms with Crippen molar-refractivity contribution in [1.29, 1.82) is 0 Å². The Hall–Kier alpha value is -0.760. The maximum atomic E-state index is 12.0. The predicted molar refractivity (Wildman–Crippen MR) is 60.6 cm³/mol. The molecule has 1 saturated carbocycles. The molecule has 0 saturated heterocycles. The lowest BCUT2D eigenvalue weighted by Gasteiger charge is -2.25. The summed E-state index contributed by atoms with van der Waals surface area (Å²) in [6, 6.07) is 0. The minimum absolute atomic E-state index is 0.168. The summed E-state index contributed by atoms with van der Waals surface area (Å²) in [6.45, 7) is 0. The first-order valence-corrected chi connectivity index (χ1v) is 8.04. The number of sulfonamides is 1. The second-order valence-electron chi connectivity index (χ2n) is 3.85. The Morgan fingerprint density at radius 1 is 1.12 bits per heavy atom. The Labute approximate surface area is 101 Å². The summed E-state index contributed by atoms with van der Waals surface area (Å²) in [4.78, 5) is 9.94. The Morgan fingerprint density at radius 2 is 1.65 bits per heavy atom. The van der Waals surface area contributed by atoms with Crippen molar-refractivity contribution in [3.63, 3.8) is 0 Å². The van der Waals surface area contributed by atoms with Crippen LogP contribution in [0.3, 0.4) is 0 Å². The molecule has 0 heterocycles. The zero-order chi connectivity index (χ0) is 13.1. The Balaban J connectivity index is 3.01. The molecule has 1 aliphatic carbocycles. The lowest BCUT2D eigenvalue weighted by Crippen LogP contribution is -2.39. The van der Waals surface area contributed by atoms with Crippen molar-refractivity contribution in [3.8, 4) is 0 Å². The Kier molecular flexibility index (Phi) is 4.42. The zero-order valence-corrected chi connectivity index (χ0v) is 11.0. The molecule has 1 rings (SSSR count). The van der Waals surface area contributed by atoms with Crippen molar-refractivity contribution in [3.05, 3.63) is 0 Å². The molecule has 0 aromatic carbocycles. The second kappa shape index (κ2) is 5.26. The van der Waals surface area contributed by atoms with Gasteiger partial charge in [0.25, 0.3) is 6.08 Å². The minimum Gasteiger partial charge on any atom is -0.211 e. The molecule has 0 amide bonds. The molecule has 1 aliphatic rings. The van der Waals surface area contributed by atoms with Gasteiger partial charge in [-0.25, -0.2) is 13.2 Å². The summed E-state index contributed by atoms with van der Waals surface area (Å²) in [5.41, 5.74) is 0. The van der Waals surface area contributed by atoms with Gasteiger partial charge in [-0.1, -0.05) is 27.4 Å². The van der Waals surface area contributed by atoms with Gasteiger partial charge in [-0.3, -0.25) is 0 Å². The Bertz CT molecular complexity index is 512. The van der Waals surface area contributed by atoms with Crippen LogP contribution in [0.4, 0.5) is 0 Å². The van der Waals surface area contributed by atoms with Gasteiger partial charge in [-0.2, -0.15) is 8.42 Å². The van der Waals surface area contributed by atoms with E-state index in [-0.39, 0.29) is 3.71 Å². The van der Waals surface area contributed by atoms with Gasteiger partial charge in [0, 0.05) is 7.05 Å². The quantitative estimate of drug-likeness (QED) is 0.540. The van der Waals surface area contributed by atoms with Crippen LogP contribution < -0.4 is 0 Å². The monoisotopic (exact) mass is 282 g/mol. The molecule has 0 aromatic heterocycles. The van der Waals surface area contributed by atoms with E-state index >= 15 is 0 Å². The van der Waals surface area contributed by atoms with E-state index in [4.69, 9.17) is 0 Å². The van der Waals surface area contributed by atoms with Crippen molar-refractivity contribution in [2.75, 3.05) is 7.05 Å². The van der Waals surface area contributed by atoms with E-state index in [0.717, 1.165) is 32.4 Å². The molecule has 0 aliphatic heterocycles. The lowest BCUT2D eigenvalue weighted by molar-refractivity contribution is 0.461. The second-order valence-corrected chi connectivity index (χ2v) is 7.95. The van der Waals surface area contributed by atoms with Crippen LogP contribution >= 0.6 is 0 Å². The molecule has 0 radical (unpaired) electrons. The van der Waals surface area contributed by atoms with Crippen LogP contribution in [0.25, 0.3) is 0 Å². The number of carbonyl (C=O) groups excluding carboxylic acids is 1. The molecule has 1 fully saturated rings. The van der Waals surface area contributed by atoms with Crippen molar-refractivity contribution in [2.45, 2.75) is 37.4 Å². The van der Waals surface area contributed by atoms with E-state index in [1.807, 2.05) is 0 Å². The molecule has 0 spiro atoms. The maximum Gasteiger partial charge on any atom is 0.345 e. The van der Waals surface area contributed by atoms with Crippen LogP contribution in [0.5, 0.6) is 0 Å². The van der Waals surface area contributed by atoms with Gasteiger partial charge < -0.3 is 0 Å². The summed E-state index contributed by atoms with van der Waals surface area (Å²) < 4.78 is 49.3. The van der Waals surface area contributed by atoms with Crippen LogP contribution in [0.2, 0.25) is 0 Å². The first kappa shape index (κ1) is 14.3. The van der Waals surface area contributed by atoms with Crippen molar-refractivity contribution >= 4 is 26.3 Å². The van der Waals surface area contributed by atoms with Gasteiger partial charge in [-0.05, 0) is 12.8 Å². The minimum atomic E-state index is -4.47. The standard InChI is InChI=1S/C8H14N2O5S2/c1-10(17(14,15)9-7-11)16(12,13)8-5-3-2-4-6-8/h8H,2-6H2,1H3. The van der Waals surface area contributed by atoms with E-state index < -0.39 is 25.5 Å². The third-order valence-corrected chi connectivity index (χ3v) is 6.98. The molecule has 98 valence electrons. The van der Waals surface area contributed by atoms with Crippen LogP contribution in [-0.2, 0) is 25.0 Å². The third-order valence-electron chi connectivity index (χ3n) is 2.81. The number of hydrogen-bond donors (Lipinski definition) is 0. The smallest absolute Gasteiger partial charge is 0.211 e. The van der Waals surface area contributed by atoms with Gasteiger partial charge in [0.2, 0.25) is 10.0 Å². The molecule has 0 aromatic rings. The lowest BCUT2D eigenvalue weighted by atomic mass is 10.0. The fraction of sp³-hybridized carbons (Fsp3) is 0.875. The molecule has 7 nitrogen and oxygen atoms in total. The summed E-state index contributed by atoms with van der Waals surface area (Å²) in [5.74, 6) is 0. The first-order chi connectivity index (χ1) is 7.82. The largest absolute Gasteiger partial charge is 0.345 e. The number of rotatable bonds is 4. The van der Waals surface area contributed by atoms with Gasteiger partial charge >= 0.3 is 10.2 Å². The summed E-state index contributed by atoms with van der Waals surface area (Å²) in [6.07, 6.45) is 4.19. The number of isocyanates is 1. The SMILES string of the molecule is CN(S(=O)(=O)N=C=O)S(=O)(=O)C1CCCCC1. The predicted octanol–water partition coefficient (Wildman–Crippen LogP) is 0.161. The maximum absolute atomic E-state index is 12.0. The average molecular weight is 282 g/mol. The summed E-state index contributed by atoms with van der Waals surface area (Å²) >= 11 is 0. The van der Waals surface area contributed by atoms with Gasteiger partial charge in [-0.15, -0.1) is 0 Å². The summed E-state index contributed by atoms with van der Waals surface area (Å²) in [5, 5.41) is -0.710. The average Bonchev–Trinajstić information content (AvgIpc) is 2.29. The normalized spacial score (nSPS) is 18.9. The molecule has 0 atom stereocenters. The zero-order valence-electron chi connectivity index (χ0n) is 9.37. The topological polar surface area (TPSA) is 101 Å². The van der Waals surface area contributed by atoms with E-state index in [1.165, 1.54) is 0 Å². The number of nitrogens with zero attached hydrogens (tertiary/aromatic N) is 2. The highest BCUT2D eigenvalue weighted by Gasteiger charge is 2.37. The fourth-order valence-electron chi connectivity index (χ4n) is 1.81. The fourth-order valence-corrected chi connectivity index (χ4v) is 4.88. The molecule has 0 N–H and O–H groups in total. The van der Waals surface area contributed by atoms with E-state index in [2.05, 4.69) is 4.40 Å². The first-order valence-electron chi connectivity index (χ1n) is 5.14. The molecular weight excluding hydrogens is 268 g/mol. The Morgan fingerprint density at radius 3 is 2.12 bits per heavy atom. The number of hydrogen-bond acceptors (Lipinski definition) is 5. The molecular formula is C8H14N2O5S2.